The van der Waals surface area contributed by atoms with E-state index < -0.39 is 32.4 Å². The molecule has 0 spiro atoms. The Kier molecular flexibility index (Phi) is 6.54. The van der Waals surface area contributed by atoms with Crippen molar-refractivity contribution in [1.29, 1.82) is 0 Å². The van der Waals surface area contributed by atoms with Crippen molar-refractivity contribution < 1.29 is 23.1 Å². The molecule has 0 aliphatic carbocycles. The zero-order valence-electron chi connectivity index (χ0n) is 14.5. The van der Waals surface area contributed by atoms with Crippen molar-refractivity contribution in [2.45, 2.75) is 50.7 Å². The standard InChI is InChI=1S/C17H25NO5S/c1-5-17(6-2,16(20)21)11-18-15(19)13-7-9-14(10-8-13)24(22,23)12(3)4/h7-10,12H,5-6,11H2,1-4H3,(H,18,19)(H,20,21). The first-order valence-corrected chi connectivity index (χ1v) is 9.51. The Balaban J connectivity index is 2.89. The van der Waals surface area contributed by atoms with Gasteiger partial charge in [-0.3, -0.25) is 9.59 Å². The first kappa shape index (κ1) is 20.2. The van der Waals surface area contributed by atoms with Crippen LogP contribution < -0.4 is 5.32 Å². The number of aliphatic carboxylic acids is 1. The molecule has 0 radical (unpaired) electrons. The molecule has 1 aromatic rings. The van der Waals surface area contributed by atoms with Crippen LogP contribution in [-0.4, -0.2) is 37.2 Å². The van der Waals surface area contributed by atoms with E-state index in [1.165, 1.54) is 24.3 Å². The number of hydrogen-bond donors (Lipinski definition) is 2. The summed E-state index contributed by atoms with van der Waals surface area (Å²) >= 11 is 0. The lowest BCUT2D eigenvalue weighted by atomic mass is 9.82. The van der Waals surface area contributed by atoms with E-state index in [2.05, 4.69) is 5.32 Å². The molecule has 0 saturated heterocycles. The molecular weight excluding hydrogens is 330 g/mol. The number of carboxylic acids is 1. The van der Waals surface area contributed by atoms with Crippen molar-refractivity contribution in [3.8, 4) is 0 Å². The maximum atomic E-state index is 12.2. The Morgan fingerprint density at radius 3 is 2.00 bits per heavy atom. The van der Waals surface area contributed by atoms with Gasteiger partial charge in [-0.2, -0.15) is 0 Å². The van der Waals surface area contributed by atoms with Gasteiger partial charge >= 0.3 is 5.97 Å². The SMILES string of the molecule is CCC(CC)(CNC(=O)c1ccc(S(=O)(=O)C(C)C)cc1)C(=O)O. The summed E-state index contributed by atoms with van der Waals surface area (Å²) in [4.78, 5) is 23.8. The van der Waals surface area contributed by atoms with E-state index in [-0.39, 0.29) is 11.4 Å². The van der Waals surface area contributed by atoms with Crippen LogP contribution in [0.4, 0.5) is 0 Å². The number of rotatable bonds is 8. The molecule has 0 aliphatic heterocycles. The lowest BCUT2D eigenvalue weighted by molar-refractivity contribution is -0.149. The van der Waals surface area contributed by atoms with E-state index in [0.29, 0.717) is 18.4 Å². The van der Waals surface area contributed by atoms with Crippen molar-refractivity contribution in [2.75, 3.05) is 6.54 Å². The minimum atomic E-state index is -3.38. The fourth-order valence-electron chi connectivity index (χ4n) is 2.30. The zero-order chi connectivity index (χ0) is 18.5. The number of hydrogen-bond acceptors (Lipinski definition) is 4. The Morgan fingerprint density at radius 1 is 1.12 bits per heavy atom. The van der Waals surface area contributed by atoms with Gasteiger partial charge in [0.05, 0.1) is 15.6 Å². The number of carbonyl (C=O) groups is 2. The summed E-state index contributed by atoms with van der Waals surface area (Å²) < 4.78 is 24.1. The van der Waals surface area contributed by atoms with E-state index in [9.17, 15) is 23.1 Å². The summed E-state index contributed by atoms with van der Waals surface area (Å²) in [6, 6.07) is 5.67. The summed E-state index contributed by atoms with van der Waals surface area (Å²) in [6.45, 7) is 6.76. The second-order valence-electron chi connectivity index (χ2n) is 6.09. The molecule has 1 aromatic carbocycles. The van der Waals surface area contributed by atoms with Gasteiger partial charge in [0, 0.05) is 12.1 Å². The molecule has 1 rings (SSSR count). The molecule has 6 nitrogen and oxygen atoms in total. The second kappa shape index (κ2) is 7.79. The minimum absolute atomic E-state index is 0.0280. The van der Waals surface area contributed by atoms with Crippen LogP contribution >= 0.6 is 0 Å². The predicted octanol–water partition coefficient (Wildman–Crippen LogP) is 2.49. The fraction of sp³-hybridized carbons (Fsp3) is 0.529. The Bertz CT molecular complexity index is 688. The molecule has 1 amide bonds. The van der Waals surface area contributed by atoms with Gasteiger partial charge in [0.1, 0.15) is 0 Å². The highest BCUT2D eigenvalue weighted by atomic mass is 32.2. The van der Waals surface area contributed by atoms with Crippen LogP contribution in [0.5, 0.6) is 0 Å². The average molecular weight is 355 g/mol. The molecule has 0 unspecified atom stereocenters. The topological polar surface area (TPSA) is 101 Å². The second-order valence-corrected chi connectivity index (χ2v) is 8.60. The summed E-state index contributed by atoms with van der Waals surface area (Å²) in [7, 11) is -3.38. The molecule has 0 atom stereocenters. The van der Waals surface area contributed by atoms with Crippen molar-refractivity contribution >= 4 is 21.7 Å². The Hall–Kier alpha value is -1.89. The van der Waals surface area contributed by atoms with Gasteiger partial charge in [0.15, 0.2) is 9.84 Å². The van der Waals surface area contributed by atoms with E-state index in [4.69, 9.17) is 0 Å². The predicted molar refractivity (Wildman–Crippen MR) is 91.7 cm³/mol. The molecule has 134 valence electrons. The van der Waals surface area contributed by atoms with Crippen LogP contribution in [0, 0.1) is 5.41 Å². The molecule has 0 aromatic heterocycles. The summed E-state index contributed by atoms with van der Waals surface area (Å²) in [6.07, 6.45) is 0.815. The summed E-state index contributed by atoms with van der Waals surface area (Å²) in [5.41, 5.74) is -0.694. The third-order valence-electron chi connectivity index (χ3n) is 4.46. The third-order valence-corrected chi connectivity index (χ3v) is 6.63. The normalized spacial score (nSPS) is 12.2. The van der Waals surface area contributed by atoms with E-state index >= 15 is 0 Å². The molecule has 2 N–H and O–H groups in total. The maximum Gasteiger partial charge on any atom is 0.311 e. The molecule has 0 saturated carbocycles. The maximum absolute atomic E-state index is 12.2. The highest BCUT2D eigenvalue weighted by Crippen LogP contribution is 2.26. The zero-order valence-corrected chi connectivity index (χ0v) is 15.3. The first-order valence-electron chi connectivity index (χ1n) is 7.96. The number of carboxylic acid groups (broad SMARTS) is 1. The van der Waals surface area contributed by atoms with E-state index in [1.54, 1.807) is 27.7 Å². The van der Waals surface area contributed by atoms with Gasteiger partial charge < -0.3 is 10.4 Å². The lowest BCUT2D eigenvalue weighted by Crippen LogP contribution is -2.42. The smallest absolute Gasteiger partial charge is 0.311 e. The van der Waals surface area contributed by atoms with Crippen LogP contribution in [0.2, 0.25) is 0 Å². The number of benzene rings is 1. The van der Waals surface area contributed by atoms with Gasteiger partial charge in [-0.25, -0.2) is 8.42 Å². The molecule has 0 bridgehead atoms. The van der Waals surface area contributed by atoms with Crippen LogP contribution in [0.1, 0.15) is 50.9 Å². The number of amides is 1. The minimum Gasteiger partial charge on any atom is -0.481 e. The lowest BCUT2D eigenvalue weighted by Gasteiger charge is -2.26. The van der Waals surface area contributed by atoms with Gasteiger partial charge in [0.2, 0.25) is 0 Å². The molecular formula is C17H25NO5S. The average Bonchev–Trinajstić information content (AvgIpc) is 2.55. The molecule has 0 aliphatic rings. The summed E-state index contributed by atoms with van der Waals surface area (Å²) in [5, 5.41) is 11.5. The van der Waals surface area contributed by atoms with Crippen molar-refractivity contribution in [1.82, 2.24) is 5.32 Å². The Labute approximate surface area is 143 Å². The highest BCUT2D eigenvalue weighted by molar-refractivity contribution is 7.92. The number of carbonyl (C=O) groups excluding carboxylic acids is 1. The van der Waals surface area contributed by atoms with Gasteiger partial charge in [0.25, 0.3) is 5.91 Å². The number of nitrogens with one attached hydrogen (secondary N) is 1. The summed E-state index contributed by atoms with van der Waals surface area (Å²) in [5.74, 6) is -1.36. The fourth-order valence-corrected chi connectivity index (χ4v) is 3.36. The van der Waals surface area contributed by atoms with Crippen LogP contribution in [0.3, 0.4) is 0 Å². The highest BCUT2D eigenvalue weighted by Gasteiger charge is 2.35. The largest absolute Gasteiger partial charge is 0.481 e. The van der Waals surface area contributed by atoms with Gasteiger partial charge in [-0.1, -0.05) is 13.8 Å². The Morgan fingerprint density at radius 2 is 1.62 bits per heavy atom. The van der Waals surface area contributed by atoms with Crippen molar-refractivity contribution in [3.63, 3.8) is 0 Å². The molecule has 0 fully saturated rings. The molecule has 0 heterocycles. The van der Waals surface area contributed by atoms with Crippen LogP contribution in [0.15, 0.2) is 29.2 Å². The van der Waals surface area contributed by atoms with Crippen molar-refractivity contribution in [3.05, 3.63) is 29.8 Å². The van der Waals surface area contributed by atoms with Crippen LogP contribution in [-0.2, 0) is 14.6 Å². The van der Waals surface area contributed by atoms with Crippen LogP contribution in [0.25, 0.3) is 0 Å². The number of sulfone groups is 1. The first-order chi connectivity index (χ1) is 11.1. The molecule has 24 heavy (non-hydrogen) atoms. The molecule has 7 heteroatoms. The van der Waals surface area contributed by atoms with Crippen molar-refractivity contribution in [2.24, 2.45) is 5.41 Å². The van der Waals surface area contributed by atoms with Gasteiger partial charge in [-0.15, -0.1) is 0 Å². The van der Waals surface area contributed by atoms with Gasteiger partial charge in [-0.05, 0) is 51.0 Å². The third kappa shape index (κ3) is 4.14. The quantitative estimate of drug-likeness (QED) is 0.746. The van der Waals surface area contributed by atoms with E-state index in [0.717, 1.165) is 0 Å². The van der Waals surface area contributed by atoms with E-state index in [1.807, 2.05) is 0 Å². The monoisotopic (exact) mass is 355 g/mol.